The Kier molecular flexibility index (Phi) is 6.67. The first-order valence-corrected chi connectivity index (χ1v) is 10.1. The number of aryl methyl sites for hydroxylation is 1. The van der Waals surface area contributed by atoms with E-state index >= 15 is 0 Å². The summed E-state index contributed by atoms with van der Waals surface area (Å²) in [4.78, 5) is 16.4. The van der Waals surface area contributed by atoms with Gasteiger partial charge in [-0.2, -0.15) is 13.2 Å². The number of aromatic nitrogens is 1. The second-order valence-electron chi connectivity index (χ2n) is 8.25. The molecular weight excluding hydrogens is 422 g/mol. The van der Waals surface area contributed by atoms with Crippen LogP contribution in [0.3, 0.4) is 0 Å². The summed E-state index contributed by atoms with van der Waals surface area (Å²) in [7, 11) is 0. The molecule has 1 heterocycles. The van der Waals surface area contributed by atoms with Crippen molar-refractivity contribution in [3.05, 3.63) is 77.1 Å². The fourth-order valence-corrected chi connectivity index (χ4v) is 3.55. The Morgan fingerprint density at radius 2 is 1.62 bits per heavy atom. The average molecular weight is 445 g/mol. The largest absolute Gasteiger partial charge is 0.481 e. The number of aliphatic carboxylic acids is 1. The van der Waals surface area contributed by atoms with Gasteiger partial charge < -0.3 is 5.11 Å². The molecule has 0 aliphatic heterocycles. The number of alkyl halides is 3. The summed E-state index contributed by atoms with van der Waals surface area (Å²) >= 11 is 0. The molecule has 32 heavy (non-hydrogen) atoms. The minimum Gasteiger partial charge on any atom is -0.481 e. The van der Waals surface area contributed by atoms with Crippen LogP contribution in [0.4, 0.5) is 17.6 Å². The van der Waals surface area contributed by atoms with Crippen molar-refractivity contribution < 1.29 is 27.5 Å². The molecule has 3 rings (SSSR count). The predicted molar refractivity (Wildman–Crippen MR) is 115 cm³/mol. The third-order valence-corrected chi connectivity index (χ3v) is 5.16. The first kappa shape index (κ1) is 23.4. The lowest BCUT2D eigenvalue weighted by Gasteiger charge is -2.18. The quantitative estimate of drug-likeness (QED) is 0.412. The second kappa shape index (κ2) is 9.10. The maximum Gasteiger partial charge on any atom is 0.416 e. The molecule has 3 aromatic rings. The highest BCUT2D eigenvalue weighted by Crippen LogP contribution is 2.34. The fraction of sp³-hybridized carbons (Fsp3) is 0.280. The van der Waals surface area contributed by atoms with Gasteiger partial charge in [-0.05, 0) is 66.8 Å². The van der Waals surface area contributed by atoms with Gasteiger partial charge >= 0.3 is 12.1 Å². The smallest absolute Gasteiger partial charge is 0.416 e. The molecule has 168 valence electrons. The molecule has 0 spiro atoms. The predicted octanol–water partition coefficient (Wildman–Crippen LogP) is 7.10. The van der Waals surface area contributed by atoms with Gasteiger partial charge in [0.25, 0.3) is 0 Å². The first-order valence-electron chi connectivity index (χ1n) is 10.1. The van der Waals surface area contributed by atoms with Crippen LogP contribution in [0.1, 0.15) is 42.9 Å². The Morgan fingerprint density at radius 1 is 1.00 bits per heavy atom. The van der Waals surface area contributed by atoms with E-state index in [0.717, 1.165) is 12.1 Å². The molecule has 0 amide bonds. The van der Waals surface area contributed by atoms with Crippen LogP contribution in [0.15, 0.2) is 54.6 Å². The number of hydrogen-bond acceptors (Lipinski definition) is 2. The summed E-state index contributed by atoms with van der Waals surface area (Å²) < 4.78 is 53.5. The van der Waals surface area contributed by atoms with E-state index in [1.807, 2.05) is 13.8 Å². The van der Waals surface area contributed by atoms with Gasteiger partial charge in [-0.3, -0.25) is 4.79 Å². The molecule has 1 aromatic heterocycles. The lowest BCUT2D eigenvalue weighted by atomic mass is 9.89. The minimum atomic E-state index is -4.48. The van der Waals surface area contributed by atoms with Gasteiger partial charge in [-0.1, -0.05) is 32.0 Å². The van der Waals surface area contributed by atoms with Crippen LogP contribution in [-0.2, 0) is 11.0 Å². The van der Waals surface area contributed by atoms with Crippen LogP contribution < -0.4 is 0 Å². The number of halogens is 4. The third-order valence-electron chi connectivity index (χ3n) is 5.16. The summed E-state index contributed by atoms with van der Waals surface area (Å²) in [5, 5.41) is 9.80. The van der Waals surface area contributed by atoms with Crippen LogP contribution in [0, 0.1) is 18.7 Å². The van der Waals surface area contributed by atoms with Crippen molar-refractivity contribution in [3.8, 4) is 22.5 Å². The van der Waals surface area contributed by atoms with Crippen molar-refractivity contribution in [3.63, 3.8) is 0 Å². The molecule has 0 saturated carbocycles. The zero-order chi connectivity index (χ0) is 23.6. The number of carboxylic acids is 1. The summed E-state index contributed by atoms with van der Waals surface area (Å²) in [6, 6.07) is 12.2. The van der Waals surface area contributed by atoms with Gasteiger partial charge in [0.1, 0.15) is 5.82 Å². The van der Waals surface area contributed by atoms with E-state index in [1.54, 1.807) is 31.2 Å². The van der Waals surface area contributed by atoms with Crippen molar-refractivity contribution in [2.24, 2.45) is 5.92 Å². The van der Waals surface area contributed by atoms with E-state index in [0.29, 0.717) is 23.1 Å². The first-order chi connectivity index (χ1) is 15.0. The number of pyridine rings is 1. The highest BCUT2D eigenvalue weighted by molar-refractivity contribution is 5.78. The number of carboxylic acid groups (broad SMARTS) is 1. The van der Waals surface area contributed by atoms with Crippen molar-refractivity contribution in [1.29, 1.82) is 0 Å². The Hall–Kier alpha value is -3.22. The Balaban J connectivity index is 2.19. The minimum absolute atomic E-state index is 0.0818. The molecule has 0 fully saturated rings. The van der Waals surface area contributed by atoms with Crippen LogP contribution in [0.25, 0.3) is 22.5 Å². The monoisotopic (exact) mass is 445 g/mol. The number of benzene rings is 2. The molecule has 1 N–H and O–H groups in total. The third kappa shape index (κ3) is 5.33. The summed E-state index contributed by atoms with van der Waals surface area (Å²) in [6.45, 7) is 5.54. The standard InChI is InChI=1S/C25H23F4NO2/c1-14(2)10-20(24(31)32)17-12-22(16-5-7-18(8-6-16)25(27,28)29)30-23(13-17)19-9-4-15(3)11-21(19)26/h4-9,11-14,20H,10H2,1-3H3,(H,31,32). The molecule has 0 radical (unpaired) electrons. The topological polar surface area (TPSA) is 50.2 Å². The Morgan fingerprint density at radius 3 is 2.16 bits per heavy atom. The molecule has 0 aliphatic carbocycles. The van der Waals surface area contributed by atoms with E-state index in [-0.39, 0.29) is 22.9 Å². The molecule has 2 aromatic carbocycles. The van der Waals surface area contributed by atoms with Crippen molar-refractivity contribution in [2.45, 2.75) is 39.3 Å². The highest BCUT2D eigenvalue weighted by atomic mass is 19.4. The van der Waals surface area contributed by atoms with Gasteiger partial charge in [0, 0.05) is 11.1 Å². The Labute approximate surface area is 183 Å². The fourth-order valence-electron chi connectivity index (χ4n) is 3.55. The highest BCUT2D eigenvalue weighted by Gasteiger charge is 2.30. The van der Waals surface area contributed by atoms with Crippen molar-refractivity contribution >= 4 is 5.97 Å². The van der Waals surface area contributed by atoms with Crippen molar-refractivity contribution in [2.75, 3.05) is 0 Å². The van der Waals surface area contributed by atoms with Gasteiger partial charge in [-0.15, -0.1) is 0 Å². The molecule has 1 unspecified atom stereocenters. The van der Waals surface area contributed by atoms with E-state index in [4.69, 9.17) is 0 Å². The van der Waals surface area contributed by atoms with Crippen LogP contribution >= 0.6 is 0 Å². The zero-order valence-corrected chi connectivity index (χ0v) is 17.9. The maximum absolute atomic E-state index is 14.7. The molecule has 7 heteroatoms. The molecule has 0 saturated heterocycles. The van der Waals surface area contributed by atoms with Crippen LogP contribution in [-0.4, -0.2) is 16.1 Å². The van der Waals surface area contributed by atoms with Crippen LogP contribution in [0.2, 0.25) is 0 Å². The SMILES string of the molecule is Cc1ccc(-c2cc(C(CC(C)C)C(=O)O)cc(-c3ccc(C(F)(F)F)cc3)n2)c(F)c1. The zero-order valence-electron chi connectivity index (χ0n) is 17.9. The van der Waals surface area contributed by atoms with E-state index in [2.05, 4.69) is 4.98 Å². The number of rotatable bonds is 6. The lowest BCUT2D eigenvalue weighted by molar-refractivity contribution is -0.139. The van der Waals surface area contributed by atoms with Gasteiger partial charge in [0.05, 0.1) is 22.9 Å². The second-order valence-corrected chi connectivity index (χ2v) is 8.25. The Bertz CT molecular complexity index is 1120. The molecule has 0 bridgehead atoms. The summed E-state index contributed by atoms with van der Waals surface area (Å²) in [5.74, 6) is -2.32. The van der Waals surface area contributed by atoms with Crippen LogP contribution in [0.5, 0.6) is 0 Å². The maximum atomic E-state index is 14.7. The molecule has 0 aliphatic rings. The van der Waals surface area contributed by atoms with Gasteiger partial charge in [0.2, 0.25) is 0 Å². The van der Waals surface area contributed by atoms with E-state index in [1.165, 1.54) is 18.2 Å². The average Bonchev–Trinajstić information content (AvgIpc) is 2.71. The summed E-state index contributed by atoms with van der Waals surface area (Å²) in [5.41, 5.74) is 1.41. The molecular formula is C25H23F4NO2. The van der Waals surface area contributed by atoms with Gasteiger partial charge in [-0.25, -0.2) is 9.37 Å². The number of hydrogen-bond donors (Lipinski definition) is 1. The van der Waals surface area contributed by atoms with E-state index in [9.17, 15) is 27.5 Å². The van der Waals surface area contributed by atoms with Crippen molar-refractivity contribution in [1.82, 2.24) is 4.98 Å². The summed E-state index contributed by atoms with van der Waals surface area (Å²) in [6.07, 6.45) is -4.13. The normalized spacial score (nSPS) is 12.8. The molecule has 1 atom stereocenters. The lowest BCUT2D eigenvalue weighted by Crippen LogP contribution is -2.14. The van der Waals surface area contributed by atoms with E-state index < -0.39 is 29.4 Å². The number of carbonyl (C=O) groups is 1. The van der Waals surface area contributed by atoms with Gasteiger partial charge in [0.15, 0.2) is 0 Å². The number of nitrogens with zero attached hydrogens (tertiary/aromatic N) is 1. The molecule has 3 nitrogen and oxygen atoms in total.